The third-order valence-electron chi connectivity index (χ3n) is 4.81. The molecule has 0 radical (unpaired) electrons. The van der Waals surface area contributed by atoms with Crippen LogP contribution < -0.4 is 5.32 Å². The van der Waals surface area contributed by atoms with Crippen molar-refractivity contribution in [2.75, 3.05) is 32.5 Å². The molecule has 0 atom stereocenters. The molecule has 3 rings (SSSR count). The number of piperidine rings is 1. The van der Waals surface area contributed by atoms with Crippen molar-refractivity contribution in [1.29, 1.82) is 0 Å². The standard InChI is InChI=1S/C20H23FN4O2/c1-24(2)19(27)20(23-16-7-5-6-15(21)14-16)9-12-25(13-10-20)18(26)17-8-3-4-11-22-17/h3-8,11,14,23H,9-10,12-13H2,1-2H3. The van der Waals surface area contributed by atoms with E-state index < -0.39 is 5.54 Å². The highest BCUT2D eigenvalue weighted by molar-refractivity contribution is 5.93. The van der Waals surface area contributed by atoms with Crippen LogP contribution in [0.2, 0.25) is 0 Å². The lowest BCUT2D eigenvalue weighted by atomic mass is 9.85. The third-order valence-corrected chi connectivity index (χ3v) is 4.81. The SMILES string of the molecule is CN(C)C(=O)C1(Nc2cccc(F)c2)CCN(C(=O)c2ccccn2)CC1. The van der Waals surface area contributed by atoms with Crippen molar-refractivity contribution < 1.29 is 14.0 Å². The summed E-state index contributed by atoms with van der Waals surface area (Å²) in [5.74, 6) is -0.598. The number of nitrogens with one attached hydrogen (secondary N) is 1. The number of halogens is 1. The molecule has 1 aliphatic heterocycles. The average molecular weight is 370 g/mol. The minimum atomic E-state index is -0.877. The van der Waals surface area contributed by atoms with Gasteiger partial charge in [-0.15, -0.1) is 0 Å². The molecule has 2 aromatic rings. The van der Waals surface area contributed by atoms with Gasteiger partial charge in [0.25, 0.3) is 5.91 Å². The Balaban J connectivity index is 1.78. The molecule has 0 bridgehead atoms. The lowest BCUT2D eigenvalue weighted by molar-refractivity contribution is -0.135. The molecule has 2 amide bonds. The highest BCUT2D eigenvalue weighted by atomic mass is 19.1. The Hall–Kier alpha value is -2.96. The second-order valence-electron chi connectivity index (χ2n) is 6.92. The Kier molecular flexibility index (Phi) is 5.39. The highest BCUT2D eigenvalue weighted by Gasteiger charge is 2.43. The van der Waals surface area contributed by atoms with Gasteiger partial charge >= 0.3 is 0 Å². The quantitative estimate of drug-likeness (QED) is 0.898. The first kappa shape index (κ1) is 18.8. The first-order valence-corrected chi connectivity index (χ1v) is 8.87. The minimum absolute atomic E-state index is 0.0864. The number of carbonyl (C=O) groups excluding carboxylic acids is 2. The van der Waals surface area contributed by atoms with Gasteiger partial charge in [0.15, 0.2) is 0 Å². The maximum atomic E-state index is 13.6. The minimum Gasteiger partial charge on any atom is -0.371 e. The van der Waals surface area contributed by atoms with Crippen molar-refractivity contribution in [3.63, 3.8) is 0 Å². The number of aromatic nitrogens is 1. The summed E-state index contributed by atoms with van der Waals surface area (Å²) in [6.45, 7) is 0.828. The van der Waals surface area contributed by atoms with Crippen molar-refractivity contribution in [2.24, 2.45) is 0 Å². The zero-order valence-electron chi connectivity index (χ0n) is 15.5. The van der Waals surface area contributed by atoms with Gasteiger partial charge in [-0.3, -0.25) is 14.6 Å². The molecule has 1 N–H and O–H groups in total. The molecule has 6 nitrogen and oxygen atoms in total. The number of rotatable bonds is 4. The van der Waals surface area contributed by atoms with Crippen LogP contribution in [0.5, 0.6) is 0 Å². The summed E-state index contributed by atoms with van der Waals surface area (Å²) in [6.07, 6.45) is 2.45. The van der Waals surface area contributed by atoms with Crippen LogP contribution in [0.25, 0.3) is 0 Å². The molecule has 7 heteroatoms. The number of hydrogen-bond donors (Lipinski definition) is 1. The monoisotopic (exact) mass is 370 g/mol. The van der Waals surface area contributed by atoms with Crippen molar-refractivity contribution in [3.05, 3.63) is 60.2 Å². The highest BCUT2D eigenvalue weighted by Crippen LogP contribution is 2.29. The molecule has 0 aliphatic carbocycles. The number of anilines is 1. The summed E-state index contributed by atoms with van der Waals surface area (Å²) in [6, 6.07) is 11.3. The Morgan fingerprint density at radius 1 is 1.15 bits per heavy atom. The van der Waals surface area contributed by atoms with E-state index in [1.165, 1.54) is 17.0 Å². The van der Waals surface area contributed by atoms with E-state index in [1.54, 1.807) is 55.5 Å². The zero-order valence-corrected chi connectivity index (χ0v) is 15.5. The lowest BCUT2D eigenvalue weighted by Crippen LogP contribution is -2.58. The first-order chi connectivity index (χ1) is 12.9. The number of pyridine rings is 1. The molecular formula is C20H23FN4O2. The summed E-state index contributed by atoms with van der Waals surface area (Å²) in [7, 11) is 3.39. The molecule has 0 spiro atoms. The summed E-state index contributed by atoms with van der Waals surface area (Å²) in [5.41, 5.74) is 0.0646. The number of carbonyl (C=O) groups is 2. The summed E-state index contributed by atoms with van der Waals surface area (Å²) >= 11 is 0. The van der Waals surface area contributed by atoms with Crippen LogP contribution in [0.15, 0.2) is 48.7 Å². The van der Waals surface area contributed by atoms with Crippen LogP contribution in [0.1, 0.15) is 23.3 Å². The lowest BCUT2D eigenvalue weighted by Gasteiger charge is -2.42. The van der Waals surface area contributed by atoms with Gasteiger partial charge in [0.05, 0.1) is 0 Å². The summed E-state index contributed by atoms with van der Waals surface area (Å²) in [4.78, 5) is 32.9. The van der Waals surface area contributed by atoms with Gasteiger partial charge in [-0.2, -0.15) is 0 Å². The fourth-order valence-corrected chi connectivity index (χ4v) is 3.41. The largest absolute Gasteiger partial charge is 0.371 e. The first-order valence-electron chi connectivity index (χ1n) is 8.87. The smallest absolute Gasteiger partial charge is 0.272 e. The molecule has 1 aromatic carbocycles. The Labute approximate surface area is 158 Å². The normalized spacial score (nSPS) is 15.9. The molecule has 1 fully saturated rings. The second kappa shape index (κ2) is 7.73. The fourth-order valence-electron chi connectivity index (χ4n) is 3.41. The molecule has 142 valence electrons. The number of nitrogens with zero attached hydrogens (tertiary/aromatic N) is 3. The van der Waals surface area contributed by atoms with Gasteiger partial charge in [0.1, 0.15) is 17.1 Å². The third kappa shape index (κ3) is 4.07. The van der Waals surface area contributed by atoms with E-state index in [9.17, 15) is 14.0 Å². The van der Waals surface area contributed by atoms with Crippen LogP contribution in [0.4, 0.5) is 10.1 Å². The molecule has 1 aliphatic rings. The number of hydrogen-bond acceptors (Lipinski definition) is 4. The number of amides is 2. The Morgan fingerprint density at radius 2 is 1.89 bits per heavy atom. The summed E-state index contributed by atoms with van der Waals surface area (Å²) < 4.78 is 13.6. The van der Waals surface area contributed by atoms with E-state index in [-0.39, 0.29) is 17.6 Å². The molecule has 27 heavy (non-hydrogen) atoms. The molecule has 2 heterocycles. The summed E-state index contributed by atoms with van der Waals surface area (Å²) in [5, 5.41) is 3.23. The van der Waals surface area contributed by atoms with Crippen molar-refractivity contribution in [2.45, 2.75) is 18.4 Å². The topological polar surface area (TPSA) is 65.5 Å². The van der Waals surface area contributed by atoms with Gasteiger partial charge in [0.2, 0.25) is 5.91 Å². The van der Waals surface area contributed by atoms with Crippen LogP contribution >= 0.6 is 0 Å². The van der Waals surface area contributed by atoms with E-state index in [4.69, 9.17) is 0 Å². The van der Waals surface area contributed by atoms with E-state index in [2.05, 4.69) is 10.3 Å². The predicted octanol–water partition coefficient (Wildman–Crippen LogP) is 2.40. The van der Waals surface area contributed by atoms with Gasteiger partial charge in [0, 0.05) is 39.1 Å². The van der Waals surface area contributed by atoms with Gasteiger partial charge in [-0.25, -0.2) is 4.39 Å². The zero-order chi connectivity index (χ0) is 19.4. The molecular weight excluding hydrogens is 347 g/mol. The van der Waals surface area contributed by atoms with Gasteiger partial charge in [-0.1, -0.05) is 12.1 Å². The van der Waals surface area contributed by atoms with Gasteiger partial charge in [-0.05, 0) is 43.2 Å². The molecule has 0 saturated carbocycles. The van der Waals surface area contributed by atoms with Crippen molar-refractivity contribution in [3.8, 4) is 0 Å². The second-order valence-corrected chi connectivity index (χ2v) is 6.92. The molecule has 1 aromatic heterocycles. The molecule has 0 unspecified atom stereocenters. The van der Waals surface area contributed by atoms with E-state index in [0.717, 1.165) is 0 Å². The van der Waals surface area contributed by atoms with E-state index in [0.29, 0.717) is 37.3 Å². The molecule has 1 saturated heterocycles. The predicted molar refractivity (Wildman–Crippen MR) is 101 cm³/mol. The maximum absolute atomic E-state index is 13.6. The number of likely N-dealkylation sites (tertiary alicyclic amines) is 1. The van der Waals surface area contributed by atoms with Crippen LogP contribution in [-0.4, -0.2) is 59.3 Å². The fraction of sp³-hybridized carbons (Fsp3) is 0.350. The Bertz CT molecular complexity index is 818. The van der Waals surface area contributed by atoms with E-state index >= 15 is 0 Å². The number of benzene rings is 1. The average Bonchev–Trinajstić information content (AvgIpc) is 2.68. The maximum Gasteiger partial charge on any atom is 0.272 e. The van der Waals surface area contributed by atoms with Crippen LogP contribution in [0, 0.1) is 5.82 Å². The van der Waals surface area contributed by atoms with Crippen LogP contribution in [-0.2, 0) is 4.79 Å². The van der Waals surface area contributed by atoms with Crippen LogP contribution in [0.3, 0.4) is 0 Å². The number of likely N-dealkylation sites (N-methyl/N-ethyl adjacent to an activating group) is 1. The van der Waals surface area contributed by atoms with Crippen molar-refractivity contribution >= 4 is 17.5 Å². The van der Waals surface area contributed by atoms with Gasteiger partial charge < -0.3 is 15.1 Å². The van der Waals surface area contributed by atoms with Crippen molar-refractivity contribution in [1.82, 2.24) is 14.8 Å². The van der Waals surface area contributed by atoms with E-state index in [1.807, 2.05) is 0 Å². The Morgan fingerprint density at radius 3 is 2.48 bits per heavy atom.